The topological polar surface area (TPSA) is 12.9 Å². The van der Waals surface area contributed by atoms with E-state index in [9.17, 15) is 0 Å². The number of hydrogen-bond donors (Lipinski definition) is 0. The molecule has 2 unspecified atom stereocenters. The highest BCUT2D eigenvalue weighted by atomic mass is 14.7. The van der Waals surface area contributed by atoms with Gasteiger partial charge in [0.2, 0.25) is 0 Å². The normalized spacial score (nSPS) is 22.4. The summed E-state index contributed by atoms with van der Waals surface area (Å²) in [7, 11) is 0. The van der Waals surface area contributed by atoms with E-state index in [1.54, 1.807) is 5.57 Å². The van der Waals surface area contributed by atoms with Crippen LogP contribution in [0.5, 0.6) is 0 Å². The van der Waals surface area contributed by atoms with Crippen LogP contribution in [0.15, 0.2) is 78.5 Å². The second-order valence-electron chi connectivity index (χ2n) is 9.17. The molecule has 1 heteroatoms. The van der Waals surface area contributed by atoms with E-state index in [0.717, 1.165) is 6.42 Å². The van der Waals surface area contributed by atoms with E-state index in [-0.39, 0.29) is 5.41 Å². The van der Waals surface area contributed by atoms with Gasteiger partial charge in [0.05, 0.1) is 5.69 Å². The number of pyridine rings is 1. The van der Waals surface area contributed by atoms with Gasteiger partial charge >= 0.3 is 0 Å². The Kier molecular flexibility index (Phi) is 5.06. The summed E-state index contributed by atoms with van der Waals surface area (Å²) in [6.07, 6.45) is 14.3. The van der Waals surface area contributed by atoms with E-state index in [2.05, 4.69) is 80.6 Å². The average Bonchev–Trinajstić information content (AvgIpc) is 3.05. The predicted molar refractivity (Wildman–Crippen MR) is 128 cm³/mol. The van der Waals surface area contributed by atoms with E-state index in [1.807, 2.05) is 6.20 Å². The van der Waals surface area contributed by atoms with Crippen molar-refractivity contribution in [2.45, 2.75) is 63.7 Å². The minimum absolute atomic E-state index is 0.146. The molecule has 0 radical (unpaired) electrons. The minimum Gasteiger partial charge on any atom is -0.260 e. The summed E-state index contributed by atoms with van der Waals surface area (Å²) < 4.78 is 0. The van der Waals surface area contributed by atoms with Gasteiger partial charge in [-0.1, -0.05) is 106 Å². The zero-order valence-corrected chi connectivity index (χ0v) is 18.2. The van der Waals surface area contributed by atoms with Gasteiger partial charge < -0.3 is 0 Å². The Balaban J connectivity index is 1.52. The summed E-state index contributed by atoms with van der Waals surface area (Å²) in [6.45, 7) is 4.79. The van der Waals surface area contributed by atoms with Crippen LogP contribution < -0.4 is 0 Å². The smallest absolute Gasteiger partial charge is 0.0553 e. The van der Waals surface area contributed by atoms with Gasteiger partial charge in [-0.15, -0.1) is 0 Å². The molecule has 2 atom stereocenters. The first-order chi connectivity index (χ1) is 14.7. The predicted octanol–water partition coefficient (Wildman–Crippen LogP) is 7.97. The lowest BCUT2D eigenvalue weighted by atomic mass is 9.71. The number of aromatic nitrogens is 1. The molecule has 0 amide bonds. The van der Waals surface area contributed by atoms with Crippen LogP contribution in [0.25, 0.3) is 16.3 Å². The number of unbranched alkanes of at least 4 members (excludes halogenated alkanes) is 3. The average molecular weight is 394 g/mol. The lowest BCUT2D eigenvalue weighted by molar-refractivity contribution is 0.459. The molecular weight excluding hydrogens is 362 g/mol. The second kappa shape index (κ2) is 7.87. The number of allylic oxidation sites excluding steroid dienone is 4. The van der Waals surface area contributed by atoms with Crippen molar-refractivity contribution in [2.75, 3.05) is 0 Å². The van der Waals surface area contributed by atoms with E-state index >= 15 is 0 Å². The monoisotopic (exact) mass is 393 g/mol. The van der Waals surface area contributed by atoms with Gasteiger partial charge in [-0.05, 0) is 41.0 Å². The first kappa shape index (κ1) is 19.3. The third-order valence-electron chi connectivity index (χ3n) is 7.31. The number of benzene rings is 2. The lowest BCUT2D eigenvalue weighted by Crippen LogP contribution is -2.24. The summed E-state index contributed by atoms with van der Waals surface area (Å²) in [5.74, 6) is 0.346. The third-order valence-corrected chi connectivity index (χ3v) is 7.31. The van der Waals surface area contributed by atoms with Crippen molar-refractivity contribution >= 4 is 16.3 Å². The van der Waals surface area contributed by atoms with E-state index in [1.165, 1.54) is 65.3 Å². The fourth-order valence-corrected chi connectivity index (χ4v) is 5.66. The molecule has 2 aromatic carbocycles. The molecule has 0 N–H and O–H groups in total. The molecule has 1 heterocycles. The standard InChI is InChI=1S/C29H31N/c1-3-4-5-10-18-29(2)26-14-9-8-13-24(26)25-16-15-22(20-27(25)29)28-23-12-7-6-11-21(23)17-19-30-28/h6-9,11-17,19,22H,3-5,10,18,20H2,1-2H3. The minimum atomic E-state index is 0.146. The van der Waals surface area contributed by atoms with Crippen molar-refractivity contribution in [1.82, 2.24) is 4.98 Å². The van der Waals surface area contributed by atoms with Crippen LogP contribution in [0.2, 0.25) is 0 Å². The Bertz CT molecular complexity index is 1130. The van der Waals surface area contributed by atoms with Gasteiger partial charge in [0.1, 0.15) is 0 Å². The van der Waals surface area contributed by atoms with Crippen LogP contribution >= 0.6 is 0 Å². The Labute approximate surface area is 180 Å². The highest BCUT2D eigenvalue weighted by Crippen LogP contribution is 2.54. The molecule has 0 bridgehead atoms. The van der Waals surface area contributed by atoms with Crippen LogP contribution in [-0.2, 0) is 5.41 Å². The first-order valence-corrected chi connectivity index (χ1v) is 11.6. The molecule has 0 saturated heterocycles. The fraction of sp³-hybridized carbons (Fsp3) is 0.345. The zero-order chi connectivity index (χ0) is 20.6. The molecule has 5 rings (SSSR count). The van der Waals surface area contributed by atoms with Crippen LogP contribution in [0.3, 0.4) is 0 Å². The van der Waals surface area contributed by atoms with Crippen LogP contribution in [0, 0.1) is 0 Å². The largest absolute Gasteiger partial charge is 0.260 e. The molecule has 2 aliphatic carbocycles. The second-order valence-corrected chi connectivity index (χ2v) is 9.17. The molecule has 152 valence electrons. The van der Waals surface area contributed by atoms with Gasteiger partial charge in [0.25, 0.3) is 0 Å². The Morgan fingerprint density at radius 3 is 2.70 bits per heavy atom. The number of fused-ring (bicyclic) bond motifs is 3. The maximum Gasteiger partial charge on any atom is 0.0553 e. The molecule has 3 aromatic rings. The van der Waals surface area contributed by atoms with Gasteiger partial charge in [-0.3, -0.25) is 4.98 Å². The highest BCUT2D eigenvalue weighted by Gasteiger charge is 2.42. The van der Waals surface area contributed by atoms with Crippen molar-refractivity contribution in [3.05, 3.63) is 95.3 Å². The maximum absolute atomic E-state index is 4.85. The van der Waals surface area contributed by atoms with Gasteiger partial charge in [0.15, 0.2) is 0 Å². The maximum atomic E-state index is 4.85. The zero-order valence-electron chi connectivity index (χ0n) is 18.2. The third kappa shape index (κ3) is 3.12. The molecule has 30 heavy (non-hydrogen) atoms. The molecule has 0 fully saturated rings. The molecule has 1 nitrogen and oxygen atoms in total. The lowest BCUT2D eigenvalue weighted by Gasteiger charge is -2.33. The van der Waals surface area contributed by atoms with Gasteiger partial charge in [-0.2, -0.15) is 0 Å². The highest BCUT2D eigenvalue weighted by molar-refractivity contribution is 5.89. The van der Waals surface area contributed by atoms with E-state index < -0.39 is 0 Å². The van der Waals surface area contributed by atoms with E-state index in [4.69, 9.17) is 4.98 Å². The molecule has 0 saturated carbocycles. The summed E-state index contributed by atoms with van der Waals surface area (Å²) >= 11 is 0. The van der Waals surface area contributed by atoms with E-state index in [0.29, 0.717) is 5.92 Å². The van der Waals surface area contributed by atoms with Crippen molar-refractivity contribution < 1.29 is 0 Å². The van der Waals surface area contributed by atoms with Gasteiger partial charge in [0, 0.05) is 22.9 Å². The fourth-order valence-electron chi connectivity index (χ4n) is 5.66. The molecular formula is C29H31N. The Morgan fingerprint density at radius 1 is 0.967 bits per heavy atom. The van der Waals surface area contributed by atoms with Crippen molar-refractivity contribution in [2.24, 2.45) is 0 Å². The van der Waals surface area contributed by atoms with Crippen LogP contribution in [-0.4, -0.2) is 4.98 Å². The number of rotatable bonds is 6. The number of hydrogen-bond acceptors (Lipinski definition) is 1. The molecule has 0 spiro atoms. The summed E-state index contributed by atoms with van der Waals surface area (Å²) in [5, 5.41) is 2.58. The Morgan fingerprint density at radius 2 is 1.80 bits per heavy atom. The Hall–Kier alpha value is -2.67. The summed E-state index contributed by atoms with van der Waals surface area (Å²) in [5.41, 5.74) is 7.45. The SMILES string of the molecule is CCCCCCC1(C)C2=C(C=CC(c3nccc4ccccc34)C2)c2ccccc21. The molecule has 2 aliphatic rings. The van der Waals surface area contributed by atoms with Crippen LogP contribution in [0.4, 0.5) is 0 Å². The van der Waals surface area contributed by atoms with Crippen molar-refractivity contribution in [3.8, 4) is 0 Å². The quantitative estimate of drug-likeness (QED) is 0.387. The number of nitrogens with zero attached hydrogens (tertiary/aromatic N) is 1. The summed E-state index contributed by atoms with van der Waals surface area (Å²) in [4.78, 5) is 4.85. The van der Waals surface area contributed by atoms with Crippen LogP contribution in [0.1, 0.15) is 75.1 Å². The first-order valence-electron chi connectivity index (χ1n) is 11.6. The summed E-state index contributed by atoms with van der Waals surface area (Å²) in [6, 6.07) is 19.9. The van der Waals surface area contributed by atoms with Gasteiger partial charge in [-0.25, -0.2) is 0 Å². The van der Waals surface area contributed by atoms with Crippen molar-refractivity contribution in [1.29, 1.82) is 0 Å². The molecule has 1 aromatic heterocycles. The van der Waals surface area contributed by atoms with Crippen molar-refractivity contribution in [3.63, 3.8) is 0 Å². The molecule has 0 aliphatic heterocycles.